The fraction of sp³-hybridized carbons (Fsp3) is 0.556. The first-order valence-corrected chi connectivity index (χ1v) is 9.07. The van der Waals surface area contributed by atoms with Crippen LogP contribution in [0.15, 0.2) is 29.3 Å². The number of benzene rings is 1. The van der Waals surface area contributed by atoms with Crippen molar-refractivity contribution in [3.8, 4) is 0 Å². The minimum absolute atomic E-state index is 0. The van der Waals surface area contributed by atoms with Crippen molar-refractivity contribution in [1.82, 2.24) is 15.5 Å². The first-order valence-electron chi connectivity index (χ1n) is 9.07. The van der Waals surface area contributed by atoms with Gasteiger partial charge in [-0.05, 0) is 31.2 Å². The van der Waals surface area contributed by atoms with E-state index in [0.29, 0.717) is 18.6 Å². The Kier molecular flexibility index (Phi) is 7.81. The SMILES string of the molecule is CC(=O)N1CCC(NC(=NCc2ccc([N+](=O)[O-])cc2)NC2CC2)CC1.I. The van der Waals surface area contributed by atoms with E-state index in [1.54, 1.807) is 19.1 Å². The van der Waals surface area contributed by atoms with E-state index in [9.17, 15) is 14.9 Å². The van der Waals surface area contributed by atoms with Crippen molar-refractivity contribution in [2.75, 3.05) is 13.1 Å². The number of aliphatic imine (C=N–C) groups is 1. The third-order valence-electron chi connectivity index (χ3n) is 4.77. The number of carbonyl (C=O) groups is 1. The standard InChI is InChI=1S/C18H25N5O3.HI/c1-13(24)22-10-8-16(9-11-22)21-18(20-15-4-5-15)19-12-14-2-6-17(7-3-14)23(25)26;/h2-3,6-7,15-16H,4-5,8-12H2,1H3,(H2,19,20,21);1H. The number of piperidine rings is 1. The Labute approximate surface area is 176 Å². The van der Waals surface area contributed by atoms with Crippen LogP contribution in [-0.2, 0) is 11.3 Å². The van der Waals surface area contributed by atoms with Gasteiger partial charge >= 0.3 is 0 Å². The summed E-state index contributed by atoms with van der Waals surface area (Å²) in [6.07, 6.45) is 4.12. The van der Waals surface area contributed by atoms with Gasteiger partial charge < -0.3 is 15.5 Å². The number of nitrogens with one attached hydrogen (secondary N) is 2. The maximum Gasteiger partial charge on any atom is 0.269 e. The molecule has 2 aliphatic rings. The van der Waals surface area contributed by atoms with E-state index < -0.39 is 4.92 Å². The second-order valence-electron chi connectivity index (χ2n) is 6.93. The van der Waals surface area contributed by atoms with Crippen LogP contribution in [0.1, 0.15) is 38.2 Å². The fourth-order valence-corrected chi connectivity index (χ4v) is 2.98. The van der Waals surface area contributed by atoms with Gasteiger partial charge in [-0.2, -0.15) is 0 Å². The third-order valence-corrected chi connectivity index (χ3v) is 4.77. The molecule has 1 saturated heterocycles. The van der Waals surface area contributed by atoms with Crippen LogP contribution in [0.4, 0.5) is 5.69 Å². The smallest absolute Gasteiger partial charge is 0.269 e. The highest BCUT2D eigenvalue weighted by Crippen LogP contribution is 2.19. The molecule has 0 unspecified atom stereocenters. The lowest BCUT2D eigenvalue weighted by atomic mass is 10.1. The number of amides is 1. The number of likely N-dealkylation sites (tertiary alicyclic amines) is 1. The van der Waals surface area contributed by atoms with Crippen LogP contribution in [0.5, 0.6) is 0 Å². The summed E-state index contributed by atoms with van der Waals surface area (Å²) in [5.41, 5.74) is 1.02. The van der Waals surface area contributed by atoms with Gasteiger partial charge in [-0.3, -0.25) is 14.9 Å². The van der Waals surface area contributed by atoms with E-state index in [4.69, 9.17) is 0 Å². The maximum atomic E-state index is 11.4. The topological polar surface area (TPSA) is 99.9 Å². The first-order chi connectivity index (χ1) is 12.5. The average molecular weight is 487 g/mol. The van der Waals surface area contributed by atoms with Gasteiger partial charge in [0.25, 0.3) is 5.69 Å². The van der Waals surface area contributed by atoms with Crippen molar-refractivity contribution >= 4 is 41.5 Å². The zero-order valence-corrected chi connectivity index (χ0v) is 17.7. The van der Waals surface area contributed by atoms with Crippen LogP contribution in [0.2, 0.25) is 0 Å². The highest BCUT2D eigenvalue weighted by molar-refractivity contribution is 14.0. The molecule has 1 amide bonds. The van der Waals surface area contributed by atoms with Crippen molar-refractivity contribution in [2.45, 2.75) is 51.2 Å². The number of hydrogen-bond donors (Lipinski definition) is 2. The predicted octanol–water partition coefficient (Wildman–Crippen LogP) is 2.42. The van der Waals surface area contributed by atoms with Crippen molar-refractivity contribution < 1.29 is 9.72 Å². The summed E-state index contributed by atoms with van der Waals surface area (Å²) in [4.78, 5) is 28.3. The number of nitro groups is 1. The molecule has 3 rings (SSSR count). The molecule has 2 N–H and O–H groups in total. The summed E-state index contributed by atoms with van der Waals surface area (Å²) in [6.45, 7) is 3.62. The van der Waals surface area contributed by atoms with Crippen LogP contribution < -0.4 is 10.6 Å². The molecule has 1 aromatic carbocycles. The number of halogens is 1. The predicted molar refractivity (Wildman–Crippen MR) is 114 cm³/mol. The summed E-state index contributed by atoms with van der Waals surface area (Å²) >= 11 is 0. The van der Waals surface area contributed by atoms with Crippen LogP contribution in [0.3, 0.4) is 0 Å². The molecule has 148 valence electrons. The Morgan fingerprint density at radius 1 is 1.15 bits per heavy atom. The van der Waals surface area contributed by atoms with Gasteiger partial charge in [0.1, 0.15) is 0 Å². The Morgan fingerprint density at radius 2 is 1.70 bits per heavy atom. The zero-order chi connectivity index (χ0) is 18.5. The van der Waals surface area contributed by atoms with Gasteiger partial charge in [0.15, 0.2) is 5.96 Å². The van der Waals surface area contributed by atoms with E-state index in [1.807, 2.05) is 4.90 Å². The van der Waals surface area contributed by atoms with Crippen molar-refractivity contribution in [1.29, 1.82) is 0 Å². The molecule has 1 aromatic rings. The second kappa shape index (κ2) is 9.86. The monoisotopic (exact) mass is 487 g/mol. The van der Waals surface area contributed by atoms with Gasteiger partial charge in [0.05, 0.1) is 11.5 Å². The number of non-ortho nitro benzene ring substituents is 1. The highest BCUT2D eigenvalue weighted by atomic mass is 127. The Hall–Kier alpha value is -1.91. The lowest BCUT2D eigenvalue weighted by Gasteiger charge is -2.32. The van der Waals surface area contributed by atoms with Crippen LogP contribution >= 0.6 is 24.0 Å². The molecular formula is C18H26IN5O3. The van der Waals surface area contributed by atoms with E-state index in [-0.39, 0.29) is 35.6 Å². The lowest BCUT2D eigenvalue weighted by molar-refractivity contribution is -0.384. The molecule has 27 heavy (non-hydrogen) atoms. The minimum Gasteiger partial charge on any atom is -0.354 e. The first kappa shape index (κ1) is 21.4. The molecule has 0 atom stereocenters. The summed E-state index contributed by atoms with van der Waals surface area (Å²) < 4.78 is 0. The van der Waals surface area contributed by atoms with Gasteiger partial charge in [-0.15, -0.1) is 24.0 Å². The minimum atomic E-state index is -0.401. The van der Waals surface area contributed by atoms with Gasteiger partial charge in [-0.25, -0.2) is 4.99 Å². The molecule has 1 saturated carbocycles. The summed E-state index contributed by atoms with van der Waals surface area (Å²) in [5.74, 6) is 0.916. The Morgan fingerprint density at radius 3 is 2.19 bits per heavy atom. The van der Waals surface area contributed by atoms with Gasteiger partial charge in [-0.1, -0.05) is 12.1 Å². The van der Waals surface area contributed by atoms with E-state index in [1.165, 1.54) is 12.1 Å². The number of guanidine groups is 1. The lowest BCUT2D eigenvalue weighted by Crippen LogP contribution is -2.49. The largest absolute Gasteiger partial charge is 0.354 e. The van der Waals surface area contributed by atoms with E-state index >= 15 is 0 Å². The molecule has 1 aliphatic carbocycles. The number of nitrogens with zero attached hydrogens (tertiary/aromatic N) is 3. The molecule has 2 fully saturated rings. The zero-order valence-electron chi connectivity index (χ0n) is 15.4. The maximum absolute atomic E-state index is 11.4. The van der Waals surface area contributed by atoms with Crippen LogP contribution in [0.25, 0.3) is 0 Å². The summed E-state index contributed by atoms with van der Waals surface area (Å²) in [7, 11) is 0. The highest BCUT2D eigenvalue weighted by Gasteiger charge is 2.25. The van der Waals surface area contributed by atoms with E-state index in [0.717, 1.165) is 50.3 Å². The average Bonchev–Trinajstić information content (AvgIpc) is 3.44. The quantitative estimate of drug-likeness (QED) is 0.219. The van der Waals surface area contributed by atoms with Crippen LogP contribution in [0, 0.1) is 10.1 Å². The molecule has 0 bridgehead atoms. The molecule has 0 spiro atoms. The van der Waals surface area contributed by atoms with E-state index in [2.05, 4.69) is 15.6 Å². The molecule has 8 nitrogen and oxygen atoms in total. The number of nitro benzene ring substituents is 1. The third kappa shape index (κ3) is 6.64. The molecule has 0 aromatic heterocycles. The van der Waals surface area contributed by atoms with Crippen molar-refractivity contribution in [3.63, 3.8) is 0 Å². The Balaban J connectivity index is 0.00000261. The number of rotatable bonds is 5. The van der Waals surface area contributed by atoms with Crippen LogP contribution in [-0.4, -0.2) is 46.9 Å². The summed E-state index contributed by atoms with van der Waals surface area (Å²) in [5, 5.41) is 17.6. The molecule has 1 heterocycles. The molecule has 9 heteroatoms. The molecule has 0 radical (unpaired) electrons. The van der Waals surface area contributed by atoms with Crippen molar-refractivity contribution in [2.24, 2.45) is 4.99 Å². The number of hydrogen-bond acceptors (Lipinski definition) is 4. The fourth-order valence-electron chi connectivity index (χ4n) is 2.98. The molecular weight excluding hydrogens is 461 g/mol. The second-order valence-corrected chi connectivity index (χ2v) is 6.93. The Bertz CT molecular complexity index is 683. The van der Waals surface area contributed by atoms with Gasteiger partial charge in [0, 0.05) is 44.2 Å². The van der Waals surface area contributed by atoms with Crippen molar-refractivity contribution in [3.05, 3.63) is 39.9 Å². The summed E-state index contributed by atoms with van der Waals surface area (Å²) in [6, 6.07) is 7.26. The number of carbonyl (C=O) groups excluding carboxylic acids is 1. The molecule has 1 aliphatic heterocycles. The van der Waals surface area contributed by atoms with Gasteiger partial charge in [0.2, 0.25) is 5.91 Å². The normalized spacial score (nSPS) is 17.8.